The van der Waals surface area contributed by atoms with Crippen molar-refractivity contribution in [2.75, 3.05) is 19.5 Å². The Bertz CT molecular complexity index is 642. The van der Waals surface area contributed by atoms with Gasteiger partial charge >= 0.3 is 0 Å². The number of nitrogens with one attached hydrogen (secondary N) is 1. The van der Waals surface area contributed by atoms with Crippen LogP contribution in [-0.4, -0.2) is 14.2 Å². The van der Waals surface area contributed by atoms with Gasteiger partial charge in [-0.25, -0.2) is 0 Å². The topological polar surface area (TPSA) is 54.3 Å². The predicted octanol–water partition coefficient (Wildman–Crippen LogP) is 3.74. The Morgan fingerprint density at radius 2 is 2.15 bits per heavy atom. The van der Waals surface area contributed by atoms with Crippen LogP contribution >= 0.6 is 11.3 Å². The average Bonchev–Trinajstić information content (AvgIpc) is 3.02. The zero-order valence-corrected chi connectivity index (χ0v) is 12.0. The molecule has 0 spiro atoms. The van der Waals surface area contributed by atoms with E-state index in [0.717, 1.165) is 17.0 Å². The monoisotopic (exact) mass is 286 g/mol. The molecule has 1 heterocycles. The number of hydrogen-bond acceptors (Lipinski definition) is 5. The van der Waals surface area contributed by atoms with Gasteiger partial charge in [-0.15, -0.1) is 0 Å². The molecule has 2 rings (SSSR count). The Balaban J connectivity index is 2.24. The number of ether oxygens (including phenoxy) is 2. The van der Waals surface area contributed by atoms with Crippen LogP contribution in [0.1, 0.15) is 5.56 Å². The average molecular weight is 286 g/mol. The molecule has 0 aliphatic heterocycles. The van der Waals surface area contributed by atoms with Gasteiger partial charge < -0.3 is 14.8 Å². The number of hydrogen-bond donors (Lipinski definition) is 1. The highest BCUT2D eigenvalue weighted by Crippen LogP contribution is 2.29. The van der Waals surface area contributed by atoms with Crippen molar-refractivity contribution in [1.82, 2.24) is 0 Å². The minimum Gasteiger partial charge on any atom is -0.497 e. The second-order valence-electron chi connectivity index (χ2n) is 3.89. The predicted molar refractivity (Wildman–Crippen MR) is 81.1 cm³/mol. The lowest BCUT2D eigenvalue weighted by Crippen LogP contribution is -1.95. The summed E-state index contributed by atoms with van der Waals surface area (Å²) in [5.74, 6) is 1.37. The summed E-state index contributed by atoms with van der Waals surface area (Å²) in [6.45, 7) is 0. The Morgan fingerprint density at radius 3 is 2.75 bits per heavy atom. The van der Waals surface area contributed by atoms with Crippen LogP contribution < -0.4 is 14.8 Å². The third kappa shape index (κ3) is 3.11. The molecule has 0 aliphatic rings. The molecule has 2 aromatic rings. The minimum absolute atomic E-state index is 0.573. The fourth-order valence-electron chi connectivity index (χ4n) is 1.67. The van der Waals surface area contributed by atoms with Crippen molar-refractivity contribution in [2.24, 2.45) is 0 Å². The van der Waals surface area contributed by atoms with Crippen LogP contribution in [0.3, 0.4) is 0 Å². The molecule has 0 fully saturated rings. The lowest BCUT2D eigenvalue weighted by Gasteiger charge is -2.10. The molecule has 0 unspecified atom stereocenters. The molecule has 5 heteroatoms. The van der Waals surface area contributed by atoms with Gasteiger partial charge in [-0.2, -0.15) is 16.6 Å². The maximum absolute atomic E-state index is 9.18. The smallest absolute Gasteiger partial charge is 0.145 e. The number of allylic oxidation sites excluding steroid dienone is 1. The van der Waals surface area contributed by atoms with E-state index in [-0.39, 0.29) is 0 Å². The molecule has 1 aromatic carbocycles. The summed E-state index contributed by atoms with van der Waals surface area (Å²) in [7, 11) is 3.19. The highest BCUT2D eigenvalue weighted by atomic mass is 32.1. The van der Waals surface area contributed by atoms with E-state index in [1.54, 1.807) is 37.8 Å². The van der Waals surface area contributed by atoms with Crippen molar-refractivity contribution >= 4 is 22.6 Å². The fourth-order valence-corrected chi connectivity index (χ4v) is 2.32. The maximum atomic E-state index is 9.18. The Labute approximate surface area is 121 Å². The lowest BCUT2D eigenvalue weighted by atomic mass is 10.2. The van der Waals surface area contributed by atoms with E-state index in [0.29, 0.717) is 11.3 Å². The molecule has 0 bridgehead atoms. The van der Waals surface area contributed by atoms with E-state index >= 15 is 0 Å². The van der Waals surface area contributed by atoms with Crippen LogP contribution in [-0.2, 0) is 0 Å². The third-order valence-corrected chi connectivity index (χ3v) is 3.42. The van der Waals surface area contributed by atoms with Crippen molar-refractivity contribution in [2.45, 2.75) is 0 Å². The van der Waals surface area contributed by atoms with Gasteiger partial charge in [0.2, 0.25) is 0 Å². The van der Waals surface area contributed by atoms with E-state index < -0.39 is 0 Å². The number of nitriles is 1. The number of thiophene rings is 1. The van der Waals surface area contributed by atoms with E-state index in [9.17, 15) is 5.26 Å². The Morgan fingerprint density at radius 1 is 1.30 bits per heavy atom. The highest BCUT2D eigenvalue weighted by Gasteiger charge is 2.05. The lowest BCUT2D eigenvalue weighted by molar-refractivity contribution is 0.395. The van der Waals surface area contributed by atoms with Gasteiger partial charge in [0.05, 0.1) is 25.5 Å². The van der Waals surface area contributed by atoms with Crippen LogP contribution in [0, 0.1) is 11.3 Å². The molecule has 0 atom stereocenters. The molecule has 0 amide bonds. The highest BCUT2D eigenvalue weighted by molar-refractivity contribution is 7.08. The van der Waals surface area contributed by atoms with E-state index in [2.05, 4.69) is 11.4 Å². The zero-order valence-electron chi connectivity index (χ0n) is 11.2. The first kappa shape index (κ1) is 14.0. The molecule has 0 aliphatic carbocycles. The SMILES string of the molecule is COc1ccc(N/C=C(/C#N)c2ccsc2)c(OC)c1. The van der Waals surface area contributed by atoms with Gasteiger partial charge in [-0.05, 0) is 29.0 Å². The summed E-state index contributed by atoms with van der Waals surface area (Å²) in [5, 5.41) is 16.1. The summed E-state index contributed by atoms with van der Waals surface area (Å²) < 4.78 is 10.4. The van der Waals surface area contributed by atoms with Crippen molar-refractivity contribution in [3.8, 4) is 17.6 Å². The molecule has 20 heavy (non-hydrogen) atoms. The number of methoxy groups -OCH3 is 2. The zero-order chi connectivity index (χ0) is 14.4. The number of anilines is 1. The minimum atomic E-state index is 0.573. The third-order valence-electron chi connectivity index (χ3n) is 2.73. The van der Waals surface area contributed by atoms with E-state index in [1.807, 2.05) is 29.0 Å². The quantitative estimate of drug-likeness (QED) is 0.851. The first-order chi connectivity index (χ1) is 9.78. The van der Waals surface area contributed by atoms with Gasteiger partial charge in [0.1, 0.15) is 17.6 Å². The first-order valence-electron chi connectivity index (χ1n) is 5.90. The number of benzene rings is 1. The normalized spacial score (nSPS) is 10.8. The molecule has 1 aromatic heterocycles. The standard InChI is InChI=1S/C15H14N2O2S/c1-18-13-3-4-14(15(7-13)19-2)17-9-12(8-16)11-5-6-20-10-11/h3-7,9-10,17H,1-2H3/b12-9-. The van der Waals surface area contributed by atoms with Crippen molar-refractivity contribution in [3.63, 3.8) is 0 Å². The second-order valence-corrected chi connectivity index (χ2v) is 4.67. The molecule has 102 valence electrons. The summed E-state index contributed by atoms with van der Waals surface area (Å²) in [6, 6.07) is 9.54. The summed E-state index contributed by atoms with van der Waals surface area (Å²) in [5.41, 5.74) is 2.25. The van der Waals surface area contributed by atoms with E-state index in [4.69, 9.17) is 9.47 Å². The number of rotatable bonds is 5. The molecule has 0 radical (unpaired) electrons. The fraction of sp³-hybridized carbons (Fsp3) is 0.133. The molecule has 4 nitrogen and oxygen atoms in total. The molecule has 1 N–H and O–H groups in total. The van der Waals surface area contributed by atoms with E-state index in [1.165, 1.54) is 0 Å². The maximum Gasteiger partial charge on any atom is 0.145 e. The summed E-state index contributed by atoms with van der Waals surface area (Å²) in [4.78, 5) is 0. The van der Waals surface area contributed by atoms with Gasteiger partial charge in [0.15, 0.2) is 0 Å². The summed E-state index contributed by atoms with van der Waals surface area (Å²) >= 11 is 1.56. The first-order valence-corrected chi connectivity index (χ1v) is 6.84. The van der Waals surface area contributed by atoms with Gasteiger partial charge in [0.25, 0.3) is 0 Å². The molecule has 0 saturated heterocycles. The number of nitrogens with zero attached hydrogens (tertiary/aromatic N) is 1. The summed E-state index contributed by atoms with van der Waals surface area (Å²) in [6.07, 6.45) is 1.67. The van der Waals surface area contributed by atoms with Crippen LogP contribution in [0.2, 0.25) is 0 Å². The van der Waals surface area contributed by atoms with Gasteiger partial charge in [-0.1, -0.05) is 0 Å². The Hall–Kier alpha value is -2.45. The van der Waals surface area contributed by atoms with Crippen LogP contribution in [0.4, 0.5) is 5.69 Å². The van der Waals surface area contributed by atoms with Crippen molar-refractivity contribution < 1.29 is 9.47 Å². The van der Waals surface area contributed by atoms with Crippen LogP contribution in [0.5, 0.6) is 11.5 Å². The molecular formula is C15H14N2O2S. The van der Waals surface area contributed by atoms with Gasteiger partial charge in [-0.3, -0.25) is 0 Å². The Kier molecular flexibility index (Phi) is 4.64. The van der Waals surface area contributed by atoms with Crippen molar-refractivity contribution in [3.05, 3.63) is 46.8 Å². The van der Waals surface area contributed by atoms with Crippen LogP contribution in [0.25, 0.3) is 5.57 Å². The largest absolute Gasteiger partial charge is 0.497 e. The second kappa shape index (κ2) is 6.64. The molecule has 0 saturated carbocycles. The van der Waals surface area contributed by atoms with Gasteiger partial charge in [0, 0.05) is 17.8 Å². The van der Waals surface area contributed by atoms with Crippen molar-refractivity contribution in [1.29, 1.82) is 5.26 Å². The molecular weight excluding hydrogens is 272 g/mol. The van der Waals surface area contributed by atoms with Crippen LogP contribution in [0.15, 0.2) is 41.2 Å².